The minimum absolute atomic E-state index is 0.585. The highest BCUT2D eigenvalue weighted by Crippen LogP contribution is 2.40. The second-order valence-electron chi connectivity index (χ2n) is 5.67. The van der Waals surface area contributed by atoms with Crippen LogP contribution >= 0.6 is 0 Å². The maximum Gasteiger partial charge on any atom is 0.148 e. The Labute approximate surface area is 113 Å². The summed E-state index contributed by atoms with van der Waals surface area (Å²) in [6, 6.07) is 9.25. The molecule has 0 radical (unpaired) electrons. The van der Waals surface area contributed by atoms with Crippen LogP contribution in [0.4, 0.5) is 5.82 Å². The fraction of sp³-hybridized carbons (Fsp3) is 0.375. The smallest absolute Gasteiger partial charge is 0.148 e. The maximum atomic E-state index is 4.80. The molecule has 0 aliphatic carbocycles. The molecule has 2 bridgehead atoms. The Balaban J connectivity index is 1.76. The molecule has 2 unspecified atom stereocenters. The predicted molar refractivity (Wildman–Crippen MR) is 77.2 cm³/mol. The van der Waals surface area contributed by atoms with Gasteiger partial charge in [-0.15, -0.1) is 0 Å². The lowest BCUT2D eigenvalue weighted by atomic mass is 9.98. The van der Waals surface area contributed by atoms with E-state index in [1.54, 1.807) is 0 Å². The Kier molecular flexibility index (Phi) is 2.34. The molecule has 4 rings (SSSR count). The van der Waals surface area contributed by atoms with Gasteiger partial charge in [-0.25, -0.2) is 4.98 Å². The zero-order chi connectivity index (χ0) is 12.8. The number of para-hydroxylation sites is 2. The van der Waals surface area contributed by atoms with Crippen molar-refractivity contribution in [2.45, 2.75) is 37.8 Å². The van der Waals surface area contributed by atoms with Gasteiger partial charge >= 0.3 is 0 Å². The van der Waals surface area contributed by atoms with Crippen LogP contribution in [0.15, 0.2) is 42.6 Å². The summed E-state index contributed by atoms with van der Waals surface area (Å²) < 4.78 is 0. The van der Waals surface area contributed by atoms with Crippen molar-refractivity contribution in [3.8, 4) is 0 Å². The van der Waals surface area contributed by atoms with Gasteiger partial charge in [-0.3, -0.25) is 4.98 Å². The van der Waals surface area contributed by atoms with Gasteiger partial charge in [0.15, 0.2) is 0 Å². The van der Waals surface area contributed by atoms with Crippen LogP contribution in [0.3, 0.4) is 0 Å². The molecule has 2 atom stereocenters. The summed E-state index contributed by atoms with van der Waals surface area (Å²) in [6.45, 7) is 4.17. The van der Waals surface area contributed by atoms with Crippen molar-refractivity contribution in [1.29, 1.82) is 0 Å². The standard InChI is InChI=1S/C16H17N3/c1-11-8-12-6-7-13(9-11)19(12)16-10-17-14-4-2-3-5-15(14)18-16/h2-5,10,12-13H,1,6-9H2. The van der Waals surface area contributed by atoms with Crippen LogP contribution in [0.25, 0.3) is 11.0 Å². The van der Waals surface area contributed by atoms with Gasteiger partial charge in [0.25, 0.3) is 0 Å². The number of nitrogens with zero attached hydrogens (tertiary/aromatic N) is 3. The summed E-state index contributed by atoms with van der Waals surface area (Å²) in [5, 5.41) is 0. The molecule has 19 heavy (non-hydrogen) atoms. The fourth-order valence-electron chi connectivity index (χ4n) is 3.56. The first-order valence-corrected chi connectivity index (χ1v) is 6.98. The molecule has 1 aromatic carbocycles. The summed E-state index contributed by atoms with van der Waals surface area (Å²) in [5.74, 6) is 1.04. The van der Waals surface area contributed by atoms with E-state index < -0.39 is 0 Å². The van der Waals surface area contributed by atoms with Gasteiger partial charge in [-0.1, -0.05) is 24.3 Å². The second-order valence-corrected chi connectivity index (χ2v) is 5.67. The lowest BCUT2D eigenvalue weighted by Gasteiger charge is -2.36. The molecule has 3 heterocycles. The Morgan fingerprint density at radius 2 is 1.74 bits per heavy atom. The highest BCUT2D eigenvalue weighted by molar-refractivity contribution is 5.75. The van der Waals surface area contributed by atoms with E-state index in [1.165, 1.54) is 18.4 Å². The van der Waals surface area contributed by atoms with Gasteiger partial charge in [0.1, 0.15) is 5.82 Å². The molecule has 2 saturated heterocycles. The summed E-state index contributed by atoms with van der Waals surface area (Å²) in [5.41, 5.74) is 3.36. The van der Waals surface area contributed by atoms with Crippen LogP contribution in [0.5, 0.6) is 0 Å². The highest BCUT2D eigenvalue weighted by atomic mass is 15.3. The number of hydrogen-bond donors (Lipinski definition) is 0. The molecule has 1 aromatic heterocycles. The largest absolute Gasteiger partial charge is 0.349 e. The highest BCUT2D eigenvalue weighted by Gasteiger charge is 2.38. The van der Waals surface area contributed by atoms with E-state index in [1.807, 2.05) is 30.5 Å². The van der Waals surface area contributed by atoms with Crippen LogP contribution in [0.2, 0.25) is 0 Å². The van der Waals surface area contributed by atoms with Crippen molar-refractivity contribution in [1.82, 2.24) is 9.97 Å². The molecular weight excluding hydrogens is 234 g/mol. The molecule has 3 heteroatoms. The number of benzene rings is 1. The molecule has 0 N–H and O–H groups in total. The molecule has 2 fully saturated rings. The number of hydrogen-bond acceptors (Lipinski definition) is 3. The van der Waals surface area contributed by atoms with Gasteiger partial charge in [-0.05, 0) is 37.8 Å². The molecule has 0 amide bonds. The Morgan fingerprint density at radius 3 is 2.47 bits per heavy atom. The number of piperidine rings is 1. The molecule has 2 aliphatic heterocycles. The Morgan fingerprint density at radius 1 is 1.05 bits per heavy atom. The Bertz CT molecular complexity index is 633. The second kappa shape index (κ2) is 4.05. The monoisotopic (exact) mass is 251 g/mol. The number of fused-ring (bicyclic) bond motifs is 3. The minimum Gasteiger partial charge on any atom is -0.349 e. The SMILES string of the molecule is C=C1CC2CCC(C1)N2c1cnc2ccccc2n1. The first-order valence-electron chi connectivity index (χ1n) is 6.98. The van der Waals surface area contributed by atoms with Crippen molar-refractivity contribution in [3.63, 3.8) is 0 Å². The zero-order valence-electron chi connectivity index (χ0n) is 10.9. The van der Waals surface area contributed by atoms with Gasteiger partial charge in [0.2, 0.25) is 0 Å². The van der Waals surface area contributed by atoms with Crippen LogP contribution < -0.4 is 4.90 Å². The zero-order valence-corrected chi connectivity index (χ0v) is 10.9. The first kappa shape index (κ1) is 11.0. The lowest BCUT2D eigenvalue weighted by Crippen LogP contribution is -2.41. The lowest BCUT2D eigenvalue weighted by molar-refractivity contribution is 0.546. The number of anilines is 1. The summed E-state index contributed by atoms with van der Waals surface area (Å²) in [6.07, 6.45) is 6.69. The van der Waals surface area contributed by atoms with Crippen molar-refractivity contribution < 1.29 is 0 Å². The van der Waals surface area contributed by atoms with E-state index in [0.717, 1.165) is 29.7 Å². The number of rotatable bonds is 1. The average Bonchev–Trinajstić information content (AvgIpc) is 2.70. The molecule has 96 valence electrons. The van der Waals surface area contributed by atoms with Crippen molar-refractivity contribution in [2.24, 2.45) is 0 Å². The third-order valence-corrected chi connectivity index (χ3v) is 4.37. The van der Waals surface area contributed by atoms with E-state index in [9.17, 15) is 0 Å². The maximum absolute atomic E-state index is 4.80. The average molecular weight is 251 g/mol. The number of aromatic nitrogens is 2. The third kappa shape index (κ3) is 1.72. The summed E-state index contributed by atoms with van der Waals surface area (Å²) in [4.78, 5) is 11.8. The van der Waals surface area contributed by atoms with E-state index in [0.29, 0.717) is 12.1 Å². The van der Waals surface area contributed by atoms with E-state index in [2.05, 4.69) is 16.5 Å². The van der Waals surface area contributed by atoms with Crippen LogP contribution in [0, 0.1) is 0 Å². The molecule has 3 nitrogen and oxygen atoms in total. The summed E-state index contributed by atoms with van der Waals surface area (Å²) in [7, 11) is 0. The normalized spacial score (nSPS) is 26.1. The minimum atomic E-state index is 0.585. The van der Waals surface area contributed by atoms with Gasteiger partial charge in [-0.2, -0.15) is 0 Å². The molecular formula is C16H17N3. The molecule has 0 saturated carbocycles. The fourth-order valence-corrected chi connectivity index (χ4v) is 3.56. The molecule has 2 aromatic rings. The van der Waals surface area contributed by atoms with Crippen molar-refractivity contribution in [3.05, 3.63) is 42.6 Å². The van der Waals surface area contributed by atoms with Crippen molar-refractivity contribution in [2.75, 3.05) is 4.90 Å². The van der Waals surface area contributed by atoms with Gasteiger partial charge in [0.05, 0.1) is 17.2 Å². The first-order chi connectivity index (χ1) is 9.31. The van der Waals surface area contributed by atoms with Gasteiger partial charge < -0.3 is 4.90 Å². The molecule has 2 aliphatic rings. The molecule has 0 spiro atoms. The van der Waals surface area contributed by atoms with E-state index in [-0.39, 0.29) is 0 Å². The third-order valence-electron chi connectivity index (χ3n) is 4.37. The van der Waals surface area contributed by atoms with Crippen LogP contribution in [0.1, 0.15) is 25.7 Å². The quantitative estimate of drug-likeness (QED) is 0.728. The Hall–Kier alpha value is -1.90. The topological polar surface area (TPSA) is 29.0 Å². The van der Waals surface area contributed by atoms with E-state index in [4.69, 9.17) is 4.98 Å². The predicted octanol–water partition coefficient (Wildman–Crippen LogP) is 3.32. The van der Waals surface area contributed by atoms with Crippen LogP contribution in [-0.4, -0.2) is 22.1 Å². The van der Waals surface area contributed by atoms with Crippen molar-refractivity contribution >= 4 is 16.9 Å². The summed E-state index contributed by atoms with van der Waals surface area (Å²) >= 11 is 0. The van der Waals surface area contributed by atoms with Gasteiger partial charge in [0, 0.05) is 12.1 Å². The van der Waals surface area contributed by atoms with Crippen LogP contribution in [-0.2, 0) is 0 Å². The van der Waals surface area contributed by atoms with E-state index >= 15 is 0 Å².